The summed E-state index contributed by atoms with van der Waals surface area (Å²) in [7, 11) is 0. The van der Waals surface area contributed by atoms with Crippen LogP contribution < -0.4 is 0 Å². The Labute approximate surface area is 134 Å². The van der Waals surface area contributed by atoms with Crippen molar-refractivity contribution in [1.29, 1.82) is 0 Å². The minimum Gasteiger partial charge on any atom is -0.458 e. The molecule has 0 radical (unpaired) electrons. The largest absolute Gasteiger partial charge is 0.458 e. The van der Waals surface area contributed by atoms with E-state index in [0.29, 0.717) is 5.71 Å². The second-order valence-electron chi connectivity index (χ2n) is 5.53. The van der Waals surface area contributed by atoms with Crippen LogP contribution >= 0.6 is 0 Å². The number of benzene rings is 3. The molecular weight excluding hydrogens is 286 g/mol. The van der Waals surface area contributed by atoms with E-state index in [1.165, 1.54) is 0 Å². The number of carbonyl (C=O) groups is 1. The Morgan fingerprint density at radius 2 is 1.61 bits per heavy atom. The van der Waals surface area contributed by atoms with Gasteiger partial charge in [-0.15, -0.1) is 0 Å². The third-order valence-electron chi connectivity index (χ3n) is 4.08. The van der Waals surface area contributed by atoms with Crippen molar-refractivity contribution in [3.8, 4) is 0 Å². The summed E-state index contributed by atoms with van der Waals surface area (Å²) in [4.78, 5) is 17.0. The summed E-state index contributed by atoms with van der Waals surface area (Å²) in [5.74, 6) is -0.353. The van der Waals surface area contributed by atoms with Gasteiger partial charge in [0, 0.05) is 5.56 Å². The van der Waals surface area contributed by atoms with E-state index in [0.717, 1.165) is 21.9 Å². The highest BCUT2D eigenvalue weighted by molar-refractivity contribution is 6.45. The van der Waals surface area contributed by atoms with Crippen molar-refractivity contribution in [2.24, 2.45) is 4.99 Å². The van der Waals surface area contributed by atoms with Gasteiger partial charge >= 0.3 is 5.97 Å². The van der Waals surface area contributed by atoms with E-state index in [1.807, 2.05) is 72.8 Å². The second-order valence-corrected chi connectivity index (χ2v) is 5.53. The van der Waals surface area contributed by atoms with Crippen molar-refractivity contribution < 1.29 is 9.53 Å². The van der Waals surface area contributed by atoms with E-state index in [2.05, 4.69) is 0 Å². The summed E-state index contributed by atoms with van der Waals surface area (Å²) in [6.45, 7) is 0.289. The van der Waals surface area contributed by atoms with Gasteiger partial charge in [0.15, 0.2) is 5.71 Å². The average Bonchev–Trinajstić information content (AvgIpc) is 2.62. The molecule has 0 saturated heterocycles. The van der Waals surface area contributed by atoms with E-state index in [9.17, 15) is 4.79 Å². The molecule has 0 fully saturated rings. The number of rotatable bonds is 2. The summed E-state index contributed by atoms with van der Waals surface area (Å²) in [6.07, 6.45) is 0. The Kier molecular flexibility index (Phi) is 3.39. The summed E-state index contributed by atoms with van der Waals surface area (Å²) >= 11 is 0. The van der Waals surface area contributed by atoms with E-state index in [4.69, 9.17) is 9.73 Å². The molecule has 3 aromatic rings. The molecule has 0 N–H and O–H groups in total. The Morgan fingerprint density at radius 1 is 0.870 bits per heavy atom. The number of hydrogen-bond acceptors (Lipinski definition) is 3. The van der Waals surface area contributed by atoms with E-state index >= 15 is 0 Å². The Morgan fingerprint density at radius 3 is 2.48 bits per heavy atom. The van der Waals surface area contributed by atoms with Crippen LogP contribution in [0.25, 0.3) is 10.8 Å². The lowest BCUT2D eigenvalue weighted by Gasteiger charge is -2.21. The number of ether oxygens (including phenoxy) is 1. The minimum atomic E-state index is -0.353. The first-order valence-electron chi connectivity index (χ1n) is 7.61. The molecule has 0 aromatic heterocycles. The third kappa shape index (κ3) is 2.50. The molecule has 1 heterocycles. The molecule has 1 aliphatic rings. The number of aliphatic imine (C=N–C) groups is 1. The topological polar surface area (TPSA) is 38.7 Å². The van der Waals surface area contributed by atoms with Crippen molar-refractivity contribution >= 4 is 22.5 Å². The third-order valence-corrected chi connectivity index (χ3v) is 4.08. The number of cyclic esters (lactones) is 1. The molecule has 4 rings (SSSR count). The highest BCUT2D eigenvalue weighted by atomic mass is 16.5. The molecule has 23 heavy (non-hydrogen) atoms. The Bertz CT molecular complexity index is 894. The first-order valence-corrected chi connectivity index (χ1v) is 7.61. The van der Waals surface area contributed by atoms with Crippen LogP contribution in [0.5, 0.6) is 0 Å². The van der Waals surface area contributed by atoms with Crippen LogP contribution in [0.1, 0.15) is 17.2 Å². The first kappa shape index (κ1) is 13.7. The standard InChI is InChI=1S/C20H15NO2/c22-20-19(17-12-6-10-14-7-4-5-11-16(14)17)21-18(13-23-20)15-8-2-1-3-9-15/h1-12,18H,13H2/t18-/m0/s1. The zero-order chi connectivity index (χ0) is 15.6. The Balaban J connectivity index is 1.85. The summed E-state index contributed by atoms with van der Waals surface area (Å²) in [5.41, 5.74) is 2.29. The van der Waals surface area contributed by atoms with Crippen LogP contribution in [0.15, 0.2) is 77.8 Å². The van der Waals surface area contributed by atoms with Gasteiger partial charge in [-0.3, -0.25) is 4.99 Å². The van der Waals surface area contributed by atoms with Gasteiger partial charge in [0.2, 0.25) is 0 Å². The molecule has 1 aliphatic heterocycles. The molecule has 0 amide bonds. The predicted molar refractivity (Wildman–Crippen MR) is 90.6 cm³/mol. The van der Waals surface area contributed by atoms with Gasteiger partial charge in [-0.1, -0.05) is 72.8 Å². The predicted octanol–water partition coefficient (Wildman–Crippen LogP) is 3.93. The number of hydrogen-bond donors (Lipinski definition) is 0. The van der Waals surface area contributed by atoms with Crippen LogP contribution in [-0.4, -0.2) is 18.3 Å². The molecule has 3 heteroatoms. The van der Waals surface area contributed by atoms with E-state index < -0.39 is 0 Å². The maximum atomic E-state index is 12.3. The quantitative estimate of drug-likeness (QED) is 0.673. The van der Waals surface area contributed by atoms with Gasteiger partial charge in [0.1, 0.15) is 12.6 Å². The van der Waals surface area contributed by atoms with Gasteiger partial charge in [0.25, 0.3) is 0 Å². The van der Waals surface area contributed by atoms with Gasteiger partial charge < -0.3 is 4.74 Å². The van der Waals surface area contributed by atoms with Crippen molar-refractivity contribution in [3.63, 3.8) is 0 Å². The molecule has 0 unspecified atom stereocenters. The fraction of sp³-hybridized carbons (Fsp3) is 0.100. The van der Waals surface area contributed by atoms with Crippen molar-refractivity contribution in [2.75, 3.05) is 6.61 Å². The molecule has 1 atom stereocenters. The average molecular weight is 301 g/mol. The van der Waals surface area contributed by atoms with E-state index in [-0.39, 0.29) is 18.6 Å². The van der Waals surface area contributed by atoms with Crippen LogP contribution in [0, 0.1) is 0 Å². The lowest BCUT2D eigenvalue weighted by Crippen LogP contribution is -2.27. The summed E-state index contributed by atoms with van der Waals surface area (Å²) in [6, 6.07) is 23.7. The first-order chi connectivity index (χ1) is 11.3. The summed E-state index contributed by atoms with van der Waals surface area (Å²) < 4.78 is 5.39. The number of esters is 1. The fourth-order valence-corrected chi connectivity index (χ4v) is 2.93. The van der Waals surface area contributed by atoms with Crippen LogP contribution in [0.3, 0.4) is 0 Å². The SMILES string of the molecule is O=C1OC[C@@H](c2ccccc2)N=C1c1cccc2ccccc12. The number of carbonyl (C=O) groups excluding carboxylic acids is 1. The molecule has 0 bridgehead atoms. The monoisotopic (exact) mass is 301 g/mol. The van der Waals surface area contributed by atoms with Crippen molar-refractivity contribution in [1.82, 2.24) is 0 Å². The van der Waals surface area contributed by atoms with Crippen molar-refractivity contribution in [3.05, 3.63) is 83.9 Å². The normalized spacial score (nSPS) is 17.7. The lowest BCUT2D eigenvalue weighted by molar-refractivity contribution is -0.137. The van der Waals surface area contributed by atoms with Gasteiger partial charge in [-0.2, -0.15) is 0 Å². The minimum absolute atomic E-state index is 0.150. The van der Waals surface area contributed by atoms with Crippen molar-refractivity contribution in [2.45, 2.75) is 6.04 Å². The maximum Gasteiger partial charge on any atom is 0.357 e. The molecule has 0 spiro atoms. The highest BCUT2D eigenvalue weighted by Gasteiger charge is 2.26. The maximum absolute atomic E-state index is 12.3. The van der Waals surface area contributed by atoms with Crippen LogP contribution in [0.2, 0.25) is 0 Å². The molecule has 0 aliphatic carbocycles. The van der Waals surface area contributed by atoms with Gasteiger partial charge in [0.05, 0.1) is 0 Å². The second kappa shape index (κ2) is 5.69. The highest BCUT2D eigenvalue weighted by Crippen LogP contribution is 2.26. The lowest BCUT2D eigenvalue weighted by atomic mass is 9.99. The van der Waals surface area contributed by atoms with E-state index in [1.54, 1.807) is 0 Å². The molecule has 3 aromatic carbocycles. The number of fused-ring (bicyclic) bond motifs is 1. The summed E-state index contributed by atoms with van der Waals surface area (Å²) in [5, 5.41) is 2.10. The molecule has 0 saturated carbocycles. The van der Waals surface area contributed by atoms with Gasteiger partial charge in [-0.05, 0) is 16.3 Å². The van der Waals surface area contributed by atoms with Gasteiger partial charge in [-0.25, -0.2) is 4.79 Å². The van der Waals surface area contributed by atoms with Crippen LogP contribution in [0.4, 0.5) is 0 Å². The zero-order valence-electron chi connectivity index (χ0n) is 12.5. The van der Waals surface area contributed by atoms with Crippen LogP contribution in [-0.2, 0) is 9.53 Å². The zero-order valence-corrected chi connectivity index (χ0v) is 12.5. The smallest absolute Gasteiger partial charge is 0.357 e. The molecular formula is C20H15NO2. The fourth-order valence-electron chi connectivity index (χ4n) is 2.93. The Hall–Kier alpha value is -2.94. The number of nitrogens with zero attached hydrogens (tertiary/aromatic N) is 1. The molecule has 112 valence electrons. The molecule has 3 nitrogen and oxygen atoms in total.